The van der Waals surface area contributed by atoms with Gasteiger partial charge in [-0.05, 0) is 29.8 Å². The number of hydrogen-bond acceptors (Lipinski definition) is 3. The topological polar surface area (TPSA) is 28.7 Å². The van der Waals surface area contributed by atoms with E-state index in [-0.39, 0.29) is 0 Å². The average molecular weight is 322 g/mol. The third kappa shape index (κ3) is 2.40. The van der Waals surface area contributed by atoms with Gasteiger partial charge >= 0.3 is 0 Å². The monoisotopic (exact) mass is 322 g/mol. The second-order valence-electron chi connectivity index (χ2n) is 5.13. The van der Waals surface area contributed by atoms with E-state index in [0.29, 0.717) is 0 Å². The maximum Gasteiger partial charge on any atom is 0.138 e. The first-order chi connectivity index (χ1) is 10.8. The first-order valence-electron chi connectivity index (χ1n) is 7.06. The van der Waals surface area contributed by atoms with Crippen molar-refractivity contribution in [1.82, 2.24) is 9.97 Å². The SMILES string of the molecule is Cc1ccc(-c2nc(-c3cccs3)c(-c3cccs3)[nH]2)cc1. The third-order valence-corrected chi connectivity index (χ3v) is 5.31. The molecule has 0 atom stereocenters. The summed E-state index contributed by atoms with van der Waals surface area (Å²) in [7, 11) is 0. The van der Waals surface area contributed by atoms with Crippen LogP contribution in [0.1, 0.15) is 5.56 Å². The summed E-state index contributed by atoms with van der Waals surface area (Å²) in [5.74, 6) is 0.923. The lowest BCUT2D eigenvalue weighted by atomic mass is 10.1. The standard InChI is InChI=1S/C18H14N2S2/c1-12-6-8-13(9-7-12)18-19-16(14-4-2-10-21-14)17(20-18)15-5-3-11-22-15/h2-11H,1H3,(H,19,20). The zero-order valence-corrected chi connectivity index (χ0v) is 13.7. The number of aromatic nitrogens is 2. The van der Waals surface area contributed by atoms with E-state index < -0.39 is 0 Å². The van der Waals surface area contributed by atoms with Crippen molar-refractivity contribution in [2.45, 2.75) is 6.92 Å². The number of nitrogens with one attached hydrogen (secondary N) is 1. The Morgan fingerprint density at radius 3 is 2.18 bits per heavy atom. The number of H-pyrrole nitrogens is 1. The van der Waals surface area contributed by atoms with Gasteiger partial charge < -0.3 is 4.98 Å². The molecule has 108 valence electrons. The molecule has 1 aromatic carbocycles. The van der Waals surface area contributed by atoms with Crippen molar-refractivity contribution >= 4 is 22.7 Å². The summed E-state index contributed by atoms with van der Waals surface area (Å²) in [4.78, 5) is 10.8. The van der Waals surface area contributed by atoms with Crippen LogP contribution >= 0.6 is 22.7 Å². The van der Waals surface area contributed by atoms with Crippen LogP contribution in [0.2, 0.25) is 0 Å². The normalized spacial score (nSPS) is 11.0. The van der Waals surface area contributed by atoms with E-state index in [1.54, 1.807) is 22.7 Å². The molecule has 0 aliphatic rings. The summed E-state index contributed by atoms with van der Waals surface area (Å²) in [6.07, 6.45) is 0. The van der Waals surface area contributed by atoms with Gasteiger partial charge in [0.2, 0.25) is 0 Å². The van der Waals surface area contributed by atoms with Gasteiger partial charge in [-0.3, -0.25) is 0 Å². The Bertz CT molecular complexity index is 818. The summed E-state index contributed by atoms with van der Waals surface area (Å²) in [5, 5.41) is 4.19. The van der Waals surface area contributed by atoms with Crippen molar-refractivity contribution < 1.29 is 0 Å². The Morgan fingerprint density at radius 2 is 1.55 bits per heavy atom. The first-order valence-corrected chi connectivity index (χ1v) is 8.82. The van der Waals surface area contributed by atoms with E-state index in [1.807, 2.05) is 0 Å². The fourth-order valence-electron chi connectivity index (χ4n) is 2.41. The Labute approximate surface area is 137 Å². The van der Waals surface area contributed by atoms with Crippen molar-refractivity contribution in [1.29, 1.82) is 0 Å². The number of nitrogens with zero attached hydrogens (tertiary/aromatic N) is 1. The van der Waals surface area contributed by atoms with Crippen LogP contribution in [-0.2, 0) is 0 Å². The molecule has 4 rings (SSSR count). The summed E-state index contributed by atoms with van der Waals surface area (Å²) in [5.41, 5.74) is 4.51. The molecule has 0 saturated carbocycles. The predicted molar refractivity (Wildman–Crippen MR) is 95.4 cm³/mol. The van der Waals surface area contributed by atoms with Crippen LogP contribution in [0.5, 0.6) is 0 Å². The van der Waals surface area contributed by atoms with Crippen LogP contribution in [0.25, 0.3) is 32.5 Å². The van der Waals surface area contributed by atoms with E-state index in [9.17, 15) is 0 Å². The van der Waals surface area contributed by atoms with Crippen LogP contribution in [0.3, 0.4) is 0 Å². The highest BCUT2D eigenvalue weighted by Gasteiger charge is 2.16. The van der Waals surface area contributed by atoms with Gasteiger partial charge in [-0.1, -0.05) is 42.0 Å². The molecule has 0 radical (unpaired) electrons. The molecule has 0 aliphatic heterocycles. The third-order valence-electron chi connectivity index (χ3n) is 3.55. The van der Waals surface area contributed by atoms with Crippen LogP contribution in [0, 0.1) is 6.92 Å². The molecule has 1 N–H and O–H groups in total. The molecule has 0 bridgehead atoms. The molecule has 4 heteroatoms. The van der Waals surface area contributed by atoms with Gasteiger partial charge in [0.25, 0.3) is 0 Å². The summed E-state index contributed by atoms with van der Waals surface area (Å²) < 4.78 is 0. The van der Waals surface area contributed by atoms with Crippen LogP contribution in [-0.4, -0.2) is 9.97 Å². The van der Waals surface area contributed by atoms with E-state index in [1.165, 1.54) is 15.3 Å². The molecule has 0 saturated heterocycles. The molecule has 0 aliphatic carbocycles. The Balaban J connectivity index is 1.88. The van der Waals surface area contributed by atoms with Crippen LogP contribution < -0.4 is 0 Å². The summed E-state index contributed by atoms with van der Waals surface area (Å²) in [6, 6.07) is 16.9. The van der Waals surface area contributed by atoms with Crippen molar-refractivity contribution in [3.05, 3.63) is 64.9 Å². The Kier molecular flexibility index (Phi) is 3.41. The molecule has 0 amide bonds. The lowest BCUT2D eigenvalue weighted by Gasteiger charge is -1.97. The summed E-state index contributed by atoms with van der Waals surface area (Å²) >= 11 is 3.45. The second-order valence-corrected chi connectivity index (χ2v) is 7.03. The zero-order valence-electron chi connectivity index (χ0n) is 12.0. The number of imidazole rings is 1. The Hall–Kier alpha value is -2.17. The maximum atomic E-state index is 4.87. The van der Waals surface area contributed by atoms with Crippen molar-refractivity contribution in [3.8, 4) is 32.5 Å². The lowest BCUT2D eigenvalue weighted by molar-refractivity contribution is 1.31. The number of aromatic amines is 1. The maximum absolute atomic E-state index is 4.87. The molecular weight excluding hydrogens is 308 g/mol. The number of thiophene rings is 2. The van der Waals surface area contributed by atoms with Gasteiger partial charge in [-0.15, -0.1) is 22.7 Å². The van der Waals surface area contributed by atoms with Crippen molar-refractivity contribution in [2.24, 2.45) is 0 Å². The molecule has 3 aromatic heterocycles. The molecular formula is C18H14N2S2. The minimum atomic E-state index is 0.923. The van der Waals surface area contributed by atoms with Gasteiger partial charge in [0.05, 0.1) is 15.4 Å². The van der Waals surface area contributed by atoms with Crippen LogP contribution in [0.4, 0.5) is 0 Å². The van der Waals surface area contributed by atoms with Crippen LogP contribution in [0.15, 0.2) is 59.3 Å². The highest BCUT2D eigenvalue weighted by atomic mass is 32.1. The minimum absolute atomic E-state index is 0.923. The zero-order chi connectivity index (χ0) is 14.9. The highest BCUT2D eigenvalue weighted by molar-refractivity contribution is 7.14. The van der Waals surface area contributed by atoms with Gasteiger partial charge in [0.1, 0.15) is 11.5 Å². The van der Waals surface area contributed by atoms with Gasteiger partial charge in [-0.2, -0.15) is 0 Å². The van der Waals surface area contributed by atoms with E-state index >= 15 is 0 Å². The largest absolute Gasteiger partial charge is 0.337 e. The van der Waals surface area contributed by atoms with E-state index in [2.05, 4.69) is 71.2 Å². The van der Waals surface area contributed by atoms with Gasteiger partial charge in [-0.25, -0.2) is 4.98 Å². The number of aryl methyl sites for hydroxylation is 1. The highest BCUT2D eigenvalue weighted by Crippen LogP contribution is 2.36. The molecule has 2 nitrogen and oxygen atoms in total. The Morgan fingerprint density at radius 1 is 0.864 bits per heavy atom. The summed E-state index contributed by atoms with van der Waals surface area (Å²) in [6.45, 7) is 2.10. The van der Waals surface area contributed by atoms with E-state index in [0.717, 1.165) is 22.8 Å². The lowest BCUT2D eigenvalue weighted by Crippen LogP contribution is -1.80. The van der Waals surface area contributed by atoms with Crippen molar-refractivity contribution in [2.75, 3.05) is 0 Å². The van der Waals surface area contributed by atoms with Gasteiger partial charge in [0, 0.05) is 5.56 Å². The van der Waals surface area contributed by atoms with E-state index in [4.69, 9.17) is 4.98 Å². The number of rotatable bonds is 3. The van der Waals surface area contributed by atoms with Gasteiger partial charge in [0.15, 0.2) is 0 Å². The van der Waals surface area contributed by atoms with Crippen molar-refractivity contribution in [3.63, 3.8) is 0 Å². The number of benzene rings is 1. The average Bonchev–Trinajstić information content (AvgIpc) is 3.27. The minimum Gasteiger partial charge on any atom is -0.337 e. The fourth-order valence-corrected chi connectivity index (χ4v) is 3.86. The molecule has 0 unspecified atom stereocenters. The first kappa shape index (κ1) is 13.5. The smallest absolute Gasteiger partial charge is 0.138 e. The molecule has 0 fully saturated rings. The number of hydrogen-bond donors (Lipinski definition) is 1. The molecule has 3 heterocycles. The predicted octanol–water partition coefficient (Wildman–Crippen LogP) is 5.84. The fraction of sp³-hybridized carbons (Fsp3) is 0.0556. The molecule has 0 spiro atoms. The quantitative estimate of drug-likeness (QED) is 0.504. The molecule has 4 aromatic rings. The molecule has 22 heavy (non-hydrogen) atoms. The second kappa shape index (κ2) is 5.55.